The Labute approximate surface area is 113 Å². The lowest BCUT2D eigenvalue weighted by atomic mass is 10.2. The first kappa shape index (κ1) is 13.9. The first-order chi connectivity index (χ1) is 9.28. The number of benzene rings is 1. The van der Waals surface area contributed by atoms with Crippen LogP contribution in [0.3, 0.4) is 0 Å². The van der Waals surface area contributed by atoms with Crippen molar-refractivity contribution in [2.24, 2.45) is 0 Å². The fourth-order valence-electron chi connectivity index (χ4n) is 1.56. The van der Waals surface area contributed by atoms with Gasteiger partial charge in [-0.25, -0.2) is 14.0 Å². The molecule has 1 fully saturated rings. The number of aromatic hydroxyl groups is 1. The third-order valence-corrected chi connectivity index (χ3v) is 2.45. The Balaban J connectivity index is 2.19. The van der Waals surface area contributed by atoms with Crippen molar-refractivity contribution in [3.8, 4) is 5.75 Å². The van der Waals surface area contributed by atoms with Crippen LogP contribution in [0.5, 0.6) is 5.75 Å². The Morgan fingerprint density at radius 1 is 1.25 bits per heavy atom. The largest absolute Gasteiger partial charge is 0.506 e. The predicted octanol–water partition coefficient (Wildman–Crippen LogP) is 1.66. The van der Waals surface area contributed by atoms with E-state index in [9.17, 15) is 19.1 Å². The number of carbonyl (C=O) groups is 2. The number of rotatable bonds is 2. The second-order valence-electron chi connectivity index (χ2n) is 4.54. The number of hydrogen-bond acceptors (Lipinski definition) is 6. The molecule has 0 aromatic heterocycles. The Kier molecular flexibility index (Phi) is 3.35. The molecule has 1 aromatic rings. The summed E-state index contributed by atoms with van der Waals surface area (Å²) in [6, 6.07) is 3.26. The van der Waals surface area contributed by atoms with E-state index in [4.69, 9.17) is 9.47 Å². The van der Waals surface area contributed by atoms with Gasteiger partial charge in [0.25, 0.3) is 5.79 Å². The number of carbonyl (C=O) groups excluding carboxylic acids is 2. The van der Waals surface area contributed by atoms with Crippen LogP contribution in [0.25, 0.3) is 0 Å². The van der Waals surface area contributed by atoms with Crippen molar-refractivity contribution < 1.29 is 28.6 Å². The van der Waals surface area contributed by atoms with Gasteiger partial charge in [0, 0.05) is 26.1 Å². The van der Waals surface area contributed by atoms with Crippen LogP contribution in [-0.4, -0.2) is 22.8 Å². The van der Waals surface area contributed by atoms with E-state index in [-0.39, 0.29) is 17.0 Å². The van der Waals surface area contributed by atoms with Gasteiger partial charge < -0.3 is 19.9 Å². The van der Waals surface area contributed by atoms with Crippen molar-refractivity contribution in [3.63, 3.8) is 0 Å². The minimum absolute atomic E-state index is 0.129. The third-order valence-electron chi connectivity index (χ3n) is 2.45. The third kappa shape index (κ3) is 2.87. The predicted molar refractivity (Wildman–Crippen MR) is 66.0 cm³/mol. The molecule has 2 N–H and O–H groups in total. The molecule has 0 radical (unpaired) electrons. The molecule has 6 nitrogen and oxygen atoms in total. The molecule has 1 aromatic carbocycles. The summed E-state index contributed by atoms with van der Waals surface area (Å²) in [5.74, 6) is -3.98. The average molecular weight is 281 g/mol. The lowest BCUT2D eigenvalue weighted by molar-refractivity contribution is -0.222. The molecule has 7 heteroatoms. The van der Waals surface area contributed by atoms with Gasteiger partial charge in [-0.1, -0.05) is 0 Å². The molecule has 0 atom stereocenters. The van der Waals surface area contributed by atoms with Crippen molar-refractivity contribution in [2.45, 2.75) is 19.6 Å². The van der Waals surface area contributed by atoms with E-state index in [0.29, 0.717) is 0 Å². The van der Waals surface area contributed by atoms with E-state index in [1.165, 1.54) is 19.9 Å². The van der Waals surface area contributed by atoms with Gasteiger partial charge in [-0.3, -0.25) is 0 Å². The van der Waals surface area contributed by atoms with Gasteiger partial charge in [0.2, 0.25) is 0 Å². The van der Waals surface area contributed by atoms with Crippen molar-refractivity contribution in [3.05, 3.63) is 35.8 Å². The monoisotopic (exact) mass is 281 g/mol. The van der Waals surface area contributed by atoms with Gasteiger partial charge >= 0.3 is 11.9 Å². The minimum Gasteiger partial charge on any atom is -0.506 e. The number of cyclic esters (lactones) is 2. The molecule has 0 spiro atoms. The van der Waals surface area contributed by atoms with Gasteiger partial charge in [-0.15, -0.1) is 0 Å². The molecule has 1 aliphatic heterocycles. The molecule has 0 unspecified atom stereocenters. The van der Waals surface area contributed by atoms with Crippen LogP contribution in [-0.2, 0) is 19.1 Å². The molecule has 106 valence electrons. The fourth-order valence-corrected chi connectivity index (χ4v) is 1.56. The van der Waals surface area contributed by atoms with E-state index < -0.39 is 23.5 Å². The normalized spacial score (nSPS) is 17.2. The molecule has 20 heavy (non-hydrogen) atoms. The standard InChI is InChI=1S/C13H12FNO5/c1-13(2)19-11(17)8(12(18)20-13)6-15-9-4-3-7(14)5-10(9)16/h3-6,15-16H,1-2H3. The van der Waals surface area contributed by atoms with Crippen LogP contribution in [0.2, 0.25) is 0 Å². The Morgan fingerprint density at radius 3 is 2.40 bits per heavy atom. The van der Waals surface area contributed by atoms with E-state index in [0.717, 1.165) is 18.3 Å². The number of halogens is 1. The van der Waals surface area contributed by atoms with Gasteiger partial charge in [-0.05, 0) is 12.1 Å². The lowest BCUT2D eigenvalue weighted by Crippen LogP contribution is -2.42. The molecule has 0 amide bonds. The highest BCUT2D eigenvalue weighted by molar-refractivity contribution is 6.15. The van der Waals surface area contributed by atoms with E-state index in [1.807, 2.05) is 0 Å². The summed E-state index contributed by atoms with van der Waals surface area (Å²) >= 11 is 0. The summed E-state index contributed by atoms with van der Waals surface area (Å²) in [5.41, 5.74) is -0.225. The number of hydrogen-bond donors (Lipinski definition) is 2. The molecular formula is C13H12FNO5. The molecular weight excluding hydrogens is 269 g/mol. The van der Waals surface area contributed by atoms with Gasteiger partial charge in [0.1, 0.15) is 11.6 Å². The zero-order chi connectivity index (χ0) is 14.9. The van der Waals surface area contributed by atoms with Crippen LogP contribution in [0, 0.1) is 5.82 Å². The number of anilines is 1. The van der Waals surface area contributed by atoms with Crippen molar-refractivity contribution >= 4 is 17.6 Å². The number of nitrogens with one attached hydrogen (secondary N) is 1. The maximum absolute atomic E-state index is 12.8. The summed E-state index contributed by atoms with van der Waals surface area (Å²) in [5, 5.41) is 12.0. The average Bonchev–Trinajstić information content (AvgIpc) is 2.28. The number of ether oxygens (including phenoxy) is 2. The first-order valence-corrected chi connectivity index (χ1v) is 5.70. The molecule has 0 bridgehead atoms. The maximum atomic E-state index is 12.8. The second kappa shape index (κ2) is 4.84. The molecule has 1 saturated heterocycles. The highest BCUT2D eigenvalue weighted by Gasteiger charge is 2.38. The van der Waals surface area contributed by atoms with E-state index in [1.54, 1.807) is 0 Å². The van der Waals surface area contributed by atoms with Crippen LogP contribution in [0.15, 0.2) is 30.0 Å². The first-order valence-electron chi connectivity index (χ1n) is 5.70. The highest BCUT2D eigenvalue weighted by atomic mass is 19.1. The van der Waals surface area contributed by atoms with Crippen molar-refractivity contribution in [2.75, 3.05) is 5.32 Å². The fraction of sp³-hybridized carbons (Fsp3) is 0.231. The Hall–Kier alpha value is -2.57. The molecule has 2 rings (SSSR count). The summed E-state index contributed by atoms with van der Waals surface area (Å²) in [6.07, 6.45) is 1.03. The van der Waals surface area contributed by atoms with Crippen LogP contribution >= 0.6 is 0 Å². The van der Waals surface area contributed by atoms with E-state index in [2.05, 4.69) is 5.32 Å². The van der Waals surface area contributed by atoms with Gasteiger partial charge in [-0.2, -0.15) is 0 Å². The SMILES string of the molecule is CC1(C)OC(=O)C(=CNc2ccc(F)cc2O)C(=O)O1. The van der Waals surface area contributed by atoms with Crippen molar-refractivity contribution in [1.82, 2.24) is 0 Å². The van der Waals surface area contributed by atoms with Gasteiger partial charge in [0.05, 0.1) is 5.69 Å². The van der Waals surface area contributed by atoms with Crippen LogP contribution < -0.4 is 5.32 Å². The van der Waals surface area contributed by atoms with Crippen molar-refractivity contribution in [1.29, 1.82) is 0 Å². The number of phenolic OH excluding ortho intramolecular Hbond substituents is 1. The number of phenols is 1. The molecule has 0 saturated carbocycles. The zero-order valence-electron chi connectivity index (χ0n) is 10.8. The maximum Gasteiger partial charge on any atom is 0.350 e. The quantitative estimate of drug-likeness (QED) is 0.371. The Morgan fingerprint density at radius 2 is 1.85 bits per heavy atom. The smallest absolute Gasteiger partial charge is 0.350 e. The molecule has 1 heterocycles. The molecule has 0 aliphatic carbocycles. The second-order valence-corrected chi connectivity index (χ2v) is 4.54. The van der Waals surface area contributed by atoms with E-state index >= 15 is 0 Å². The summed E-state index contributed by atoms with van der Waals surface area (Å²) in [7, 11) is 0. The zero-order valence-corrected chi connectivity index (χ0v) is 10.8. The lowest BCUT2D eigenvalue weighted by Gasteiger charge is -2.29. The van der Waals surface area contributed by atoms with Gasteiger partial charge in [0.15, 0.2) is 5.57 Å². The summed E-state index contributed by atoms with van der Waals surface area (Å²) < 4.78 is 22.6. The van der Waals surface area contributed by atoms with Crippen LogP contribution in [0.4, 0.5) is 10.1 Å². The molecule has 1 aliphatic rings. The highest BCUT2D eigenvalue weighted by Crippen LogP contribution is 2.26. The number of esters is 2. The summed E-state index contributed by atoms with van der Waals surface area (Å²) in [6.45, 7) is 2.86. The minimum atomic E-state index is -1.32. The summed E-state index contributed by atoms with van der Waals surface area (Å²) in [4.78, 5) is 23.3. The van der Waals surface area contributed by atoms with Crippen LogP contribution in [0.1, 0.15) is 13.8 Å². The Bertz CT molecular complexity index is 587. The topological polar surface area (TPSA) is 84.9 Å².